The summed E-state index contributed by atoms with van der Waals surface area (Å²) >= 11 is 0. The SMILES string of the molecule is OCCCOc1cccc(CN2CCC[C@H](Cc3ccc4[nH]ncc4c3)C2)c1. The van der Waals surface area contributed by atoms with Crippen LogP contribution in [0.25, 0.3) is 10.9 Å². The third kappa shape index (κ3) is 4.91. The van der Waals surface area contributed by atoms with Crippen molar-refractivity contribution in [2.75, 3.05) is 26.3 Å². The molecule has 2 N–H and O–H groups in total. The zero-order valence-electron chi connectivity index (χ0n) is 16.3. The van der Waals surface area contributed by atoms with Gasteiger partial charge in [0.25, 0.3) is 0 Å². The van der Waals surface area contributed by atoms with Crippen LogP contribution in [0.2, 0.25) is 0 Å². The monoisotopic (exact) mass is 379 g/mol. The van der Waals surface area contributed by atoms with Gasteiger partial charge < -0.3 is 9.84 Å². The number of hydrogen-bond acceptors (Lipinski definition) is 4. The molecule has 0 aliphatic carbocycles. The fraction of sp³-hybridized carbons (Fsp3) is 0.435. The molecule has 2 heterocycles. The quantitative estimate of drug-likeness (QED) is 0.585. The van der Waals surface area contributed by atoms with Gasteiger partial charge in [0.05, 0.1) is 18.3 Å². The predicted molar refractivity (Wildman–Crippen MR) is 111 cm³/mol. The van der Waals surface area contributed by atoms with Crippen molar-refractivity contribution in [1.29, 1.82) is 0 Å². The summed E-state index contributed by atoms with van der Waals surface area (Å²) < 4.78 is 5.72. The molecular formula is C23H29N3O2. The highest BCUT2D eigenvalue weighted by Crippen LogP contribution is 2.24. The van der Waals surface area contributed by atoms with Gasteiger partial charge in [-0.2, -0.15) is 5.10 Å². The van der Waals surface area contributed by atoms with Gasteiger partial charge in [0, 0.05) is 31.5 Å². The molecule has 1 aliphatic rings. The molecule has 1 saturated heterocycles. The Morgan fingerprint density at radius 1 is 1.18 bits per heavy atom. The van der Waals surface area contributed by atoms with E-state index in [2.05, 4.69) is 51.5 Å². The van der Waals surface area contributed by atoms with Crippen LogP contribution in [0, 0.1) is 5.92 Å². The molecule has 0 unspecified atom stereocenters. The molecule has 1 aromatic heterocycles. The first-order chi connectivity index (χ1) is 13.8. The number of benzene rings is 2. The number of aliphatic hydroxyl groups is 1. The van der Waals surface area contributed by atoms with Crippen LogP contribution in [0.3, 0.4) is 0 Å². The van der Waals surface area contributed by atoms with E-state index in [0.29, 0.717) is 18.9 Å². The highest BCUT2D eigenvalue weighted by Gasteiger charge is 2.20. The van der Waals surface area contributed by atoms with Crippen LogP contribution in [0.4, 0.5) is 0 Å². The van der Waals surface area contributed by atoms with Crippen LogP contribution in [0.15, 0.2) is 48.7 Å². The van der Waals surface area contributed by atoms with Crippen LogP contribution in [0.5, 0.6) is 5.75 Å². The Hall–Kier alpha value is -2.37. The summed E-state index contributed by atoms with van der Waals surface area (Å²) in [5.41, 5.74) is 3.80. The van der Waals surface area contributed by atoms with Gasteiger partial charge >= 0.3 is 0 Å². The Morgan fingerprint density at radius 2 is 2.14 bits per heavy atom. The number of likely N-dealkylation sites (tertiary alicyclic amines) is 1. The van der Waals surface area contributed by atoms with E-state index >= 15 is 0 Å². The van der Waals surface area contributed by atoms with Gasteiger partial charge in [-0.25, -0.2) is 0 Å². The largest absolute Gasteiger partial charge is 0.493 e. The molecule has 0 spiro atoms. The van der Waals surface area contributed by atoms with Crippen molar-refractivity contribution in [1.82, 2.24) is 15.1 Å². The average Bonchev–Trinajstić information content (AvgIpc) is 3.17. The molecule has 1 atom stereocenters. The molecule has 1 aliphatic heterocycles. The number of rotatable bonds is 8. The van der Waals surface area contributed by atoms with E-state index in [9.17, 15) is 0 Å². The first-order valence-corrected chi connectivity index (χ1v) is 10.3. The summed E-state index contributed by atoms with van der Waals surface area (Å²) in [7, 11) is 0. The second-order valence-electron chi connectivity index (χ2n) is 7.81. The lowest BCUT2D eigenvalue weighted by Gasteiger charge is -2.33. The Bertz CT molecular complexity index is 892. The first kappa shape index (κ1) is 19.0. The van der Waals surface area contributed by atoms with Crippen molar-refractivity contribution in [3.63, 3.8) is 0 Å². The molecular weight excluding hydrogens is 350 g/mol. The molecule has 1 fully saturated rings. The van der Waals surface area contributed by atoms with E-state index in [1.165, 1.54) is 29.4 Å². The van der Waals surface area contributed by atoms with Gasteiger partial charge in [-0.3, -0.25) is 10.00 Å². The lowest BCUT2D eigenvalue weighted by molar-refractivity contribution is 0.167. The van der Waals surface area contributed by atoms with Crippen LogP contribution in [0.1, 0.15) is 30.4 Å². The smallest absolute Gasteiger partial charge is 0.119 e. The fourth-order valence-corrected chi connectivity index (χ4v) is 4.16. The number of piperidine rings is 1. The Balaban J connectivity index is 1.34. The highest BCUT2D eigenvalue weighted by atomic mass is 16.5. The number of nitrogens with one attached hydrogen (secondary N) is 1. The van der Waals surface area contributed by atoms with E-state index in [-0.39, 0.29) is 6.61 Å². The summed E-state index contributed by atoms with van der Waals surface area (Å²) in [6.45, 7) is 4.00. The van der Waals surface area contributed by atoms with Crippen molar-refractivity contribution >= 4 is 10.9 Å². The number of aromatic nitrogens is 2. The third-order valence-electron chi connectivity index (χ3n) is 5.51. The number of nitrogens with zero attached hydrogens (tertiary/aromatic N) is 2. The summed E-state index contributed by atoms with van der Waals surface area (Å²) in [5, 5.41) is 17.2. The number of H-pyrrole nitrogens is 1. The van der Waals surface area contributed by atoms with Gasteiger partial charge in [-0.05, 0) is 67.1 Å². The lowest BCUT2D eigenvalue weighted by Crippen LogP contribution is -2.35. The fourth-order valence-electron chi connectivity index (χ4n) is 4.16. The van der Waals surface area contributed by atoms with E-state index in [0.717, 1.165) is 37.3 Å². The van der Waals surface area contributed by atoms with E-state index in [1.54, 1.807) is 0 Å². The number of aliphatic hydroxyl groups excluding tert-OH is 1. The van der Waals surface area contributed by atoms with Crippen LogP contribution in [-0.4, -0.2) is 46.5 Å². The molecule has 2 aromatic carbocycles. The molecule has 0 radical (unpaired) electrons. The zero-order valence-corrected chi connectivity index (χ0v) is 16.3. The van der Waals surface area contributed by atoms with Gasteiger partial charge in [0.1, 0.15) is 5.75 Å². The van der Waals surface area contributed by atoms with E-state index in [4.69, 9.17) is 9.84 Å². The standard InChI is InChI=1S/C23H29N3O2/c27-10-3-11-28-22-6-1-4-20(14-22)17-26-9-2-5-19(16-26)12-18-7-8-23-21(13-18)15-24-25-23/h1,4,6-8,13-15,19,27H,2-3,5,9-12,16-17H2,(H,24,25)/t19-/m1/s1. The van der Waals surface area contributed by atoms with Crippen LogP contribution >= 0.6 is 0 Å². The highest BCUT2D eigenvalue weighted by molar-refractivity contribution is 5.78. The lowest BCUT2D eigenvalue weighted by atomic mass is 9.90. The second-order valence-corrected chi connectivity index (χ2v) is 7.81. The topological polar surface area (TPSA) is 61.4 Å². The minimum absolute atomic E-state index is 0.169. The average molecular weight is 380 g/mol. The minimum Gasteiger partial charge on any atom is -0.493 e. The number of fused-ring (bicyclic) bond motifs is 1. The maximum Gasteiger partial charge on any atom is 0.119 e. The van der Waals surface area contributed by atoms with Crippen molar-refractivity contribution < 1.29 is 9.84 Å². The Labute approximate surface area is 166 Å². The molecule has 3 aromatic rings. The van der Waals surface area contributed by atoms with E-state index < -0.39 is 0 Å². The summed E-state index contributed by atoms with van der Waals surface area (Å²) in [6, 6.07) is 15.0. The molecule has 148 valence electrons. The van der Waals surface area contributed by atoms with Crippen molar-refractivity contribution in [3.05, 3.63) is 59.8 Å². The van der Waals surface area contributed by atoms with Crippen LogP contribution in [-0.2, 0) is 13.0 Å². The van der Waals surface area contributed by atoms with Crippen LogP contribution < -0.4 is 4.74 Å². The third-order valence-corrected chi connectivity index (χ3v) is 5.51. The van der Waals surface area contributed by atoms with E-state index in [1.807, 2.05) is 12.3 Å². The predicted octanol–water partition coefficient (Wildman–Crippen LogP) is 3.78. The molecule has 5 nitrogen and oxygen atoms in total. The second kappa shape index (κ2) is 9.22. The number of ether oxygens (including phenoxy) is 1. The van der Waals surface area contributed by atoms with Gasteiger partial charge in [-0.1, -0.05) is 18.2 Å². The summed E-state index contributed by atoms with van der Waals surface area (Å²) in [6.07, 6.45) is 6.25. The molecule has 0 saturated carbocycles. The summed E-state index contributed by atoms with van der Waals surface area (Å²) in [4.78, 5) is 2.57. The van der Waals surface area contributed by atoms with Crippen molar-refractivity contribution in [3.8, 4) is 5.75 Å². The minimum atomic E-state index is 0.169. The number of hydrogen-bond donors (Lipinski definition) is 2. The molecule has 0 amide bonds. The molecule has 0 bridgehead atoms. The molecule has 28 heavy (non-hydrogen) atoms. The number of aromatic amines is 1. The molecule has 4 rings (SSSR count). The molecule has 5 heteroatoms. The van der Waals surface area contributed by atoms with Gasteiger partial charge in [0.15, 0.2) is 0 Å². The first-order valence-electron chi connectivity index (χ1n) is 10.3. The maximum atomic E-state index is 8.90. The zero-order chi connectivity index (χ0) is 19.2. The van der Waals surface area contributed by atoms with Gasteiger partial charge in [0.2, 0.25) is 0 Å². The van der Waals surface area contributed by atoms with Gasteiger partial charge in [-0.15, -0.1) is 0 Å². The Kier molecular flexibility index (Phi) is 6.24. The maximum absolute atomic E-state index is 8.90. The van der Waals surface area contributed by atoms with Crippen molar-refractivity contribution in [2.24, 2.45) is 5.92 Å². The Morgan fingerprint density at radius 3 is 3.07 bits per heavy atom. The normalized spacial score (nSPS) is 17.8. The van der Waals surface area contributed by atoms with Crippen molar-refractivity contribution in [2.45, 2.75) is 32.2 Å². The summed E-state index contributed by atoms with van der Waals surface area (Å²) in [5.74, 6) is 1.59.